The van der Waals surface area contributed by atoms with Crippen LogP contribution in [-0.2, 0) is 16.0 Å². The molecule has 3 rings (SSSR count). The van der Waals surface area contributed by atoms with Crippen molar-refractivity contribution in [3.05, 3.63) is 22.3 Å². The molecule has 2 heterocycles. The van der Waals surface area contributed by atoms with Gasteiger partial charge in [0.1, 0.15) is 11.9 Å². The molecule has 1 atom stereocenters. The van der Waals surface area contributed by atoms with Gasteiger partial charge in [0.15, 0.2) is 0 Å². The Morgan fingerprint density at radius 1 is 1.60 bits per heavy atom. The van der Waals surface area contributed by atoms with Crippen LogP contribution in [0, 0.1) is 5.92 Å². The monoisotopic (exact) mass is 338 g/mol. The molecule has 0 N–H and O–H groups in total. The Morgan fingerprint density at radius 2 is 2.40 bits per heavy atom. The van der Waals surface area contributed by atoms with Gasteiger partial charge in [-0.2, -0.15) is 0 Å². The number of aromatic nitrogens is 1. The molecular formula is C15H19BrN2O2. The van der Waals surface area contributed by atoms with E-state index in [2.05, 4.69) is 27.0 Å². The van der Waals surface area contributed by atoms with E-state index in [1.807, 2.05) is 6.92 Å². The predicted molar refractivity (Wildman–Crippen MR) is 80.7 cm³/mol. The zero-order chi connectivity index (χ0) is 14.1. The van der Waals surface area contributed by atoms with Gasteiger partial charge in [-0.3, -0.25) is 9.69 Å². The van der Waals surface area contributed by atoms with Gasteiger partial charge in [0.2, 0.25) is 0 Å². The summed E-state index contributed by atoms with van der Waals surface area (Å²) in [6.07, 6.45) is 5.80. The van der Waals surface area contributed by atoms with Gasteiger partial charge in [0, 0.05) is 17.2 Å². The first-order valence-electron chi connectivity index (χ1n) is 7.22. The van der Waals surface area contributed by atoms with Gasteiger partial charge >= 0.3 is 0 Å². The van der Waals surface area contributed by atoms with E-state index in [1.54, 1.807) is 11.1 Å². The Labute approximate surface area is 127 Å². The topological polar surface area (TPSA) is 42.4 Å². The van der Waals surface area contributed by atoms with E-state index in [0.29, 0.717) is 12.5 Å². The van der Waals surface area contributed by atoms with Crippen LogP contribution in [0.5, 0.6) is 0 Å². The Bertz CT molecular complexity index is 517. The summed E-state index contributed by atoms with van der Waals surface area (Å²) < 4.78 is 6.65. The van der Waals surface area contributed by atoms with Crippen molar-refractivity contribution in [2.24, 2.45) is 5.92 Å². The van der Waals surface area contributed by atoms with Crippen LogP contribution in [0.2, 0.25) is 0 Å². The first kappa shape index (κ1) is 14.0. The minimum absolute atomic E-state index is 0.0291. The summed E-state index contributed by atoms with van der Waals surface area (Å²) in [4.78, 5) is 18.7. The maximum absolute atomic E-state index is 12.5. The average molecular weight is 339 g/mol. The molecule has 0 radical (unpaired) electrons. The number of aryl methyl sites for hydroxylation is 1. The van der Waals surface area contributed by atoms with Crippen molar-refractivity contribution in [1.29, 1.82) is 0 Å². The number of carbonyl (C=O) groups excluding carboxylic acids is 1. The summed E-state index contributed by atoms with van der Waals surface area (Å²) in [6, 6.07) is 2.05. The molecule has 5 heteroatoms. The first-order chi connectivity index (χ1) is 9.65. The number of ether oxygens (including phenoxy) is 1. The number of anilines is 1. The molecule has 108 valence electrons. The van der Waals surface area contributed by atoms with Crippen LogP contribution < -0.4 is 4.90 Å². The Hall–Kier alpha value is -0.940. The molecule has 0 bridgehead atoms. The van der Waals surface area contributed by atoms with Gasteiger partial charge < -0.3 is 4.74 Å². The lowest BCUT2D eigenvalue weighted by Crippen LogP contribution is -2.42. The summed E-state index contributed by atoms with van der Waals surface area (Å²) >= 11 is 3.43. The predicted octanol–water partition coefficient (Wildman–Crippen LogP) is 2.94. The fourth-order valence-corrected chi connectivity index (χ4v) is 2.88. The largest absolute Gasteiger partial charge is 0.368 e. The van der Waals surface area contributed by atoms with Crippen LogP contribution in [0.4, 0.5) is 5.82 Å². The maximum atomic E-state index is 12.5. The fraction of sp³-hybridized carbons (Fsp3) is 0.600. The highest BCUT2D eigenvalue weighted by atomic mass is 79.9. The van der Waals surface area contributed by atoms with Crippen molar-refractivity contribution < 1.29 is 9.53 Å². The van der Waals surface area contributed by atoms with Crippen molar-refractivity contribution >= 4 is 27.7 Å². The SMILES string of the molecule is CC(OCC1CC1)C(=O)N1CCCc2cc(Br)cnc21. The maximum Gasteiger partial charge on any atom is 0.256 e. The van der Waals surface area contributed by atoms with E-state index in [1.165, 1.54) is 12.8 Å². The van der Waals surface area contributed by atoms with Crippen LogP contribution >= 0.6 is 15.9 Å². The van der Waals surface area contributed by atoms with Crippen LogP contribution in [-0.4, -0.2) is 30.1 Å². The number of halogens is 1. The van der Waals surface area contributed by atoms with Gasteiger partial charge in [-0.25, -0.2) is 4.98 Å². The lowest BCUT2D eigenvalue weighted by atomic mass is 10.1. The Morgan fingerprint density at radius 3 is 3.15 bits per heavy atom. The number of hydrogen-bond acceptors (Lipinski definition) is 3. The molecule has 0 saturated heterocycles. The van der Waals surface area contributed by atoms with Crippen LogP contribution in [0.3, 0.4) is 0 Å². The van der Waals surface area contributed by atoms with Gasteiger partial charge in [0.05, 0.1) is 6.61 Å². The van der Waals surface area contributed by atoms with Crippen LogP contribution in [0.25, 0.3) is 0 Å². The smallest absolute Gasteiger partial charge is 0.256 e. The molecule has 1 fully saturated rings. The molecule has 4 nitrogen and oxygen atoms in total. The Balaban J connectivity index is 1.71. The van der Waals surface area contributed by atoms with E-state index >= 15 is 0 Å². The minimum Gasteiger partial charge on any atom is -0.368 e. The second-order valence-electron chi connectivity index (χ2n) is 5.65. The van der Waals surface area contributed by atoms with Gasteiger partial charge in [-0.1, -0.05) is 0 Å². The highest BCUT2D eigenvalue weighted by Crippen LogP contribution is 2.30. The van der Waals surface area contributed by atoms with E-state index in [-0.39, 0.29) is 12.0 Å². The molecular weight excluding hydrogens is 320 g/mol. The molecule has 1 aliphatic heterocycles. The van der Waals surface area contributed by atoms with E-state index < -0.39 is 0 Å². The van der Waals surface area contributed by atoms with Crippen LogP contribution in [0.15, 0.2) is 16.7 Å². The fourth-order valence-electron chi connectivity index (χ4n) is 2.50. The number of rotatable bonds is 4. The van der Waals surface area contributed by atoms with E-state index in [4.69, 9.17) is 4.74 Å². The van der Waals surface area contributed by atoms with E-state index in [9.17, 15) is 4.79 Å². The van der Waals surface area contributed by atoms with Crippen LogP contribution in [0.1, 0.15) is 31.7 Å². The number of amides is 1. The molecule has 0 spiro atoms. The number of nitrogens with zero attached hydrogens (tertiary/aromatic N) is 2. The molecule has 1 unspecified atom stereocenters. The van der Waals surface area contributed by atoms with Crippen molar-refractivity contribution in [2.45, 2.75) is 38.7 Å². The zero-order valence-corrected chi connectivity index (χ0v) is 13.2. The molecule has 2 aliphatic rings. The number of carbonyl (C=O) groups is 1. The second-order valence-corrected chi connectivity index (χ2v) is 6.56. The van der Waals surface area contributed by atoms with Crippen molar-refractivity contribution in [3.8, 4) is 0 Å². The third-order valence-corrected chi connectivity index (χ3v) is 4.32. The average Bonchev–Trinajstić information content (AvgIpc) is 3.27. The lowest BCUT2D eigenvalue weighted by Gasteiger charge is -2.30. The molecule has 1 amide bonds. The normalized spacial score (nSPS) is 19.6. The number of hydrogen-bond donors (Lipinski definition) is 0. The third-order valence-electron chi connectivity index (χ3n) is 3.89. The molecule has 1 aromatic heterocycles. The number of pyridine rings is 1. The molecule has 1 aromatic rings. The number of fused-ring (bicyclic) bond motifs is 1. The summed E-state index contributed by atoms with van der Waals surface area (Å²) in [5, 5.41) is 0. The quantitative estimate of drug-likeness (QED) is 0.847. The van der Waals surface area contributed by atoms with Gasteiger partial charge in [-0.15, -0.1) is 0 Å². The molecule has 20 heavy (non-hydrogen) atoms. The lowest BCUT2D eigenvalue weighted by molar-refractivity contribution is -0.129. The van der Waals surface area contributed by atoms with Crippen molar-refractivity contribution in [2.75, 3.05) is 18.1 Å². The standard InChI is InChI=1S/C15H19BrN2O2/c1-10(20-9-11-4-5-11)15(19)18-6-2-3-12-7-13(16)8-17-14(12)18/h7-8,10-11H,2-6,9H2,1H3. The highest BCUT2D eigenvalue weighted by Gasteiger charge is 2.29. The van der Waals surface area contributed by atoms with Gasteiger partial charge in [-0.05, 0) is 66.1 Å². The third kappa shape index (κ3) is 3.04. The molecule has 1 saturated carbocycles. The summed E-state index contributed by atoms with van der Waals surface area (Å²) in [7, 11) is 0. The molecule has 0 aromatic carbocycles. The summed E-state index contributed by atoms with van der Waals surface area (Å²) in [5.74, 6) is 1.50. The van der Waals surface area contributed by atoms with E-state index in [0.717, 1.165) is 35.2 Å². The minimum atomic E-state index is -0.382. The molecule has 1 aliphatic carbocycles. The highest BCUT2D eigenvalue weighted by molar-refractivity contribution is 9.10. The van der Waals surface area contributed by atoms with Crippen molar-refractivity contribution in [1.82, 2.24) is 4.98 Å². The van der Waals surface area contributed by atoms with Gasteiger partial charge in [0.25, 0.3) is 5.91 Å². The zero-order valence-electron chi connectivity index (χ0n) is 11.6. The second kappa shape index (κ2) is 5.82. The first-order valence-corrected chi connectivity index (χ1v) is 8.02. The summed E-state index contributed by atoms with van der Waals surface area (Å²) in [5.41, 5.74) is 1.13. The van der Waals surface area contributed by atoms with Crippen molar-refractivity contribution in [3.63, 3.8) is 0 Å². The summed E-state index contributed by atoms with van der Waals surface area (Å²) in [6.45, 7) is 3.29. The Kier molecular flexibility index (Phi) is 4.08.